The highest BCUT2D eigenvalue weighted by Crippen LogP contribution is 2.50. The molecule has 2 fully saturated rings. The smallest absolute Gasteiger partial charge is 0.249 e. The standard InChI is InChI=1S/C10H8ClF3N4.C5H10O2/c11-6-7(12)5-3-16-9(15)17-18(5)8(6)4-1-10(13,14)2-4;6-5-2-1-3-7-4-5/h3-4H,1-2H2,(H2,15,17);5-6H,1-4H2. The number of ether oxygens (including phenoxy) is 1. The number of hydrogen-bond acceptors (Lipinski definition) is 5. The number of nitrogen functional groups attached to an aromatic ring is 1. The summed E-state index contributed by atoms with van der Waals surface area (Å²) in [4.78, 5) is 3.65. The molecule has 2 aliphatic rings. The fourth-order valence-electron chi connectivity index (χ4n) is 2.95. The van der Waals surface area contributed by atoms with E-state index in [1.807, 2.05) is 0 Å². The number of nitrogens with two attached hydrogens (primary N) is 1. The summed E-state index contributed by atoms with van der Waals surface area (Å²) in [6.45, 7) is 1.37. The number of fused-ring (bicyclic) bond motifs is 1. The van der Waals surface area contributed by atoms with Gasteiger partial charge in [-0.2, -0.15) is 0 Å². The largest absolute Gasteiger partial charge is 0.391 e. The molecule has 1 atom stereocenters. The van der Waals surface area contributed by atoms with Gasteiger partial charge in [-0.05, 0) is 12.8 Å². The van der Waals surface area contributed by atoms with Crippen molar-refractivity contribution in [3.05, 3.63) is 22.7 Å². The molecule has 1 aliphatic carbocycles. The maximum Gasteiger partial charge on any atom is 0.249 e. The van der Waals surface area contributed by atoms with Crippen LogP contribution in [0.15, 0.2) is 6.20 Å². The van der Waals surface area contributed by atoms with E-state index in [1.54, 1.807) is 0 Å². The Labute approximate surface area is 146 Å². The number of aliphatic hydroxyl groups is 1. The van der Waals surface area contributed by atoms with Gasteiger partial charge in [0.25, 0.3) is 0 Å². The van der Waals surface area contributed by atoms with Crippen molar-refractivity contribution >= 4 is 23.1 Å². The van der Waals surface area contributed by atoms with Crippen LogP contribution in [-0.4, -0.2) is 44.9 Å². The van der Waals surface area contributed by atoms with E-state index in [0.29, 0.717) is 6.61 Å². The van der Waals surface area contributed by atoms with Crippen molar-refractivity contribution in [3.8, 4) is 0 Å². The Morgan fingerprint density at radius 3 is 2.64 bits per heavy atom. The van der Waals surface area contributed by atoms with E-state index in [2.05, 4.69) is 10.1 Å². The van der Waals surface area contributed by atoms with Gasteiger partial charge in [0, 0.05) is 25.4 Å². The third kappa shape index (κ3) is 3.83. The average Bonchev–Trinajstić information content (AvgIpc) is 2.77. The number of anilines is 1. The lowest BCUT2D eigenvalue weighted by atomic mass is 9.79. The van der Waals surface area contributed by atoms with Crippen molar-refractivity contribution in [2.24, 2.45) is 0 Å². The van der Waals surface area contributed by atoms with Gasteiger partial charge in [0.05, 0.1) is 24.6 Å². The summed E-state index contributed by atoms with van der Waals surface area (Å²) in [5.41, 5.74) is 5.69. The zero-order valence-electron chi connectivity index (χ0n) is 13.3. The molecule has 10 heteroatoms. The van der Waals surface area contributed by atoms with Gasteiger partial charge in [-0.25, -0.2) is 22.7 Å². The Kier molecular flexibility index (Phi) is 5.08. The lowest BCUT2D eigenvalue weighted by Crippen LogP contribution is -2.34. The molecule has 1 saturated heterocycles. The molecule has 3 heterocycles. The van der Waals surface area contributed by atoms with Crippen LogP contribution >= 0.6 is 11.6 Å². The van der Waals surface area contributed by atoms with Crippen LogP contribution in [0.5, 0.6) is 0 Å². The van der Waals surface area contributed by atoms with Gasteiger partial charge in [0.15, 0.2) is 5.82 Å². The van der Waals surface area contributed by atoms with E-state index in [4.69, 9.17) is 27.2 Å². The molecule has 3 N–H and O–H groups in total. The molecule has 0 bridgehead atoms. The second-order valence-electron chi connectivity index (χ2n) is 6.26. The van der Waals surface area contributed by atoms with Crippen LogP contribution < -0.4 is 5.73 Å². The fourth-order valence-corrected chi connectivity index (χ4v) is 3.28. The molecule has 1 unspecified atom stereocenters. The number of aromatic nitrogens is 3. The third-order valence-electron chi connectivity index (χ3n) is 4.23. The Hall–Kier alpha value is -1.58. The fraction of sp³-hybridized carbons (Fsp3) is 0.600. The van der Waals surface area contributed by atoms with Gasteiger partial charge in [-0.1, -0.05) is 11.6 Å². The number of nitrogens with zero attached hydrogens (tertiary/aromatic N) is 3. The predicted octanol–water partition coefficient (Wildman–Crippen LogP) is 2.77. The molecule has 0 radical (unpaired) electrons. The van der Waals surface area contributed by atoms with Gasteiger partial charge in [0.2, 0.25) is 11.9 Å². The second-order valence-corrected chi connectivity index (χ2v) is 6.64. The molecule has 0 aromatic carbocycles. The summed E-state index contributed by atoms with van der Waals surface area (Å²) in [5.74, 6) is -4.00. The first-order valence-corrected chi connectivity index (χ1v) is 8.28. The van der Waals surface area contributed by atoms with Crippen LogP contribution in [0.2, 0.25) is 5.02 Å². The Bertz CT molecular complexity index is 757. The average molecular weight is 379 g/mol. The van der Waals surface area contributed by atoms with E-state index >= 15 is 0 Å². The Morgan fingerprint density at radius 1 is 1.40 bits per heavy atom. The molecule has 4 rings (SSSR count). The highest BCUT2D eigenvalue weighted by molar-refractivity contribution is 6.32. The summed E-state index contributed by atoms with van der Waals surface area (Å²) in [5, 5.41) is 12.4. The molecule has 2 aromatic rings. The molecular weight excluding hydrogens is 361 g/mol. The van der Waals surface area contributed by atoms with Gasteiger partial charge in [-0.15, -0.1) is 5.10 Å². The number of alkyl halides is 2. The normalized spacial score (nSPS) is 23.0. The van der Waals surface area contributed by atoms with E-state index in [1.165, 1.54) is 10.7 Å². The number of rotatable bonds is 1. The summed E-state index contributed by atoms with van der Waals surface area (Å²) in [6, 6.07) is 0. The highest BCUT2D eigenvalue weighted by Gasteiger charge is 2.48. The van der Waals surface area contributed by atoms with Gasteiger partial charge in [0.1, 0.15) is 10.5 Å². The van der Waals surface area contributed by atoms with Crippen LogP contribution in [0, 0.1) is 5.82 Å². The minimum Gasteiger partial charge on any atom is -0.391 e. The van der Waals surface area contributed by atoms with E-state index in [-0.39, 0.29) is 41.1 Å². The molecule has 1 aliphatic heterocycles. The summed E-state index contributed by atoms with van der Waals surface area (Å²) < 4.78 is 45.7. The van der Waals surface area contributed by atoms with Crippen molar-refractivity contribution in [3.63, 3.8) is 0 Å². The zero-order valence-corrected chi connectivity index (χ0v) is 14.0. The van der Waals surface area contributed by atoms with Crippen molar-refractivity contribution in [1.29, 1.82) is 0 Å². The molecule has 2 aromatic heterocycles. The molecule has 1 saturated carbocycles. The Morgan fingerprint density at radius 2 is 2.12 bits per heavy atom. The van der Waals surface area contributed by atoms with Gasteiger partial charge < -0.3 is 15.6 Å². The molecule has 6 nitrogen and oxygen atoms in total. The Balaban J connectivity index is 0.000000219. The minimum absolute atomic E-state index is 0.0411. The van der Waals surface area contributed by atoms with Gasteiger partial charge >= 0.3 is 0 Å². The maximum atomic E-state index is 13.8. The molecule has 0 amide bonds. The molecular formula is C15H18ClF3N4O2. The lowest BCUT2D eigenvalue weighted by Gasteiger charge is -2.34. The first-order chi connectivity index (χ1) is 11.8. The predicted molar refractivity (Wildman–Crippen MR) is 85.3 cm³/mol. The summed E-state index contributed by atoms with van der Waals surface area (Å²) in [7, 11) is 0. The van der Waals surface area contributed by atoms with Crippen molar-refractivity contribution < 1.29 is 23.0 Å². The van der Waals surface area contributed by atoms with Crippen molar-refractivity contribution in [2.75, 3.05) is 18.9 Å². The summed E-state index contributed by atoms with van der Waals surface area (Å²) in [6.07, 6.45) is 2.21. The monoisotopic (exact) mass is 378 g/mol. The van der Waals surface area contributed by atoms with Crippen LogP contribution in [0.4, 0.5) is 19.1 Å². The topological polar surface area (TPSA) is 85.7 Å². The molecule has 138 valence electrons. The first-order valence-electron chi connectivity index (χ1n) is 7.90. The number of halogens is 4. The first kappa shape index (κ1) is 18.2. The van der Waals surface area contributed by atoms with E-state index in [9.17, 15) is 13.2 Å². The molecule has 0 spiro atoms. The number of hydrogen-bond donors (Lipinski definition) is 2. The van der Waals surface area contributed by atoms with E-state index in [0.717, 1.165) is 19.4 Å². The quantitative estimate of drug-likeness (QED) is 0.797. The lowest BCUT2D eigenvalue weighted by molar-refractivity contribution is -0.0878. The maximum absolute atomic E-state index is 13.8. The van der Waals surface area contributed by atoms with Crippen molar-refractivity contribution in [2.45, 2.75) is 43.6 Å². The van der Waals surface area contributed by atoms with Crippen molar-refractivity contribution in [1.82, 2.24) is 14.6 Å². The van der Waals surface area contributed by atoms with Crippen LogP contribution in [-0.2, 0) is 4.74 Å². The molecule has 25 heavy (non-hydrogen) atoms. The SMILES string of the molecule is Nc1ncc2c(F)c(Cl)c(C3CC(F)(F)C3)n2n1.OC1CCCOC1. The highest BCUT2D eigenvalue weighted by atomic mass is 35.5. The van der Waals surface area contributed by atoms with Crippen LogP contribution in [0.1, 0.15) is 37.3 Å². The van der Waals surface area contributed by atoms with Gasteiger partial charge in [-0.3, -0.25) is 0 Å². The minimum atomic E-state index is -2.72. The summed E-state index contributed by atoms with van der Waals surface area (Å²) >= 11 is 5.84. The third-order valence-corrected chi connectivity index (χ3v) is 4.59. The van der Waals surface area contributed by atoms with Crippen LogP contribution in [0.3, 0.4) is 0 Å². The number of aliphatic hydroxyl groups excluding tert-OH is 1. The second kappa shape index (κ2) is 6.97. The van der Waals surface area contributed by atoms with E-state index < -0.39 is 17.7 Å². The zero-order chi connectivity index (χ0) is 18.2. The van der Waals surface area contributed by atoms with Crippen LogP contribution in [0.25, 0.3) is 5.52 Å².